The van der Waals surface area contributed by atoms with Crippen LogP contribution in [0.25, 0.3) is 16.9 Å². The molecule has 2 aromatic carbocycles. The average Bonchev–Trinajstić information content (AvgIpc) is 2.99. The van der Waals surface area contributed by atoms with E-state index in [-0.39, 0.29) is 0 Å². The van der Waals surface area contributed by atoms with Crippen LogP contribution < -0.4 is 0 Å². The molecule has 0 amide bonds. The second-order valence-electron chi connectivity index (χ2n) is 5.75. The molecule has 0 spiro atoms. The van der Waals surface area contributed by atoms with Crippen LogP contribution in [0, 0.1) is 6.92 Å². The molecule has 0 bridgehead atoms. The number of rotatable bonds is 3. The summed E-state index contributed by atoms with van der Waals surface area (Å²) in [5.41, 5.74) is 5.11. The number of benzene rings is 2. The van der Waals surface area contributed by atoms with Crippen LogP contribution in [0.2, 0.25) is 0 Å². The third-order valence-corrected chi connectivity index (χ3v) is 3.92. The normalized spacial score (nSPS) is 11.4. The third-order valence-electron chi connectivity index (χ3n) is 3.92. The molecule has 0 saturated carbocycles. The average molecular weight is 311 g/mol. The molecular formula is C21H17N3. The summed E-state index contributed by atoms with van der Waals surface area (Å²) in [5.74, 6) is 0.851. The first-order valence-corrected chi connectivity index (χ1v) is 7.94. The molecule has 2 heterocycles. The lowest BCUT2D eigenvalue weighted by Gasteiger charge is -2.01. The number of aliphatic imine (C=N–C) groups is 1. The van der Waals surface area contributed by atoms with Gasteiger partial charge in [0.05, 0.1) is 0 Å². The van der Waals surface area contributed by atoms with Crippen LogP contribution in [0.5, 0.6) is 0 Å². The maximum Gasteiger partial charge on any atom is 0.165 e. The first-order valence-electron chi connectivity index (χ1n) is 7.94. The van der Waals surface area contributed by atoms with Crippen LogP contribution in [0.3, 0.4) is 0 Å². The quantitative estimate of drug-likeness (QED) is 0.486. The highest BCUT2D eigenvalue weighted by Gasteiger charge is 2.13. The van der Waals surface area contributed by atoms with Gasteiger partial charge < -0.3 is 0 Å². The van der Waals surface area contributed by atoms with Crippen LogP contribution >= 0.6 is 0 Å². The minimum Gasteiger partial charge on any atom is -0.284 e. The third kappa shape index (κ3) is 2.72. The van der Waals surface area contributed by atoms with Crippen molar-refractivity contribution in [3.05, 3.63) is 90.1 Å². The van der Waals surface area contributed by atoms with E-state index in [0.717, 1.165) is 28.3 Å². The largest absolute Gasteiger partial charge is 0.284 e. The lowest BCUT2D eigenvalue weighted by atomic mass is 10.1. The fraction of sp³-hybridized carbons (Fsp3) is 0.0476. The van der Waals surface area contributed by atoms with Gasteiger partial charge in [0.15, 0.2) is 5.82 Å². The fourth-order valence-corrected chi connectivity index (χ4v) is 2.73. The van der Waals surface area contributed by atoms with Crippen molar-refractivity contribution in [3.8, 4) is 11.3 Å². The second-order valence-corrected chi connectivity index (χ2v) is 5.75. The topological polar surface area (TPSA) is 29.7 Å². The number of hydrogen-bond donors (Lipinski definition) is 0. The van der Waals surface area contributed by atoms with Gasteiger partial charge in [-0.2, -0.15) is 0 Å². The molecule has 0 aliphatic rings. The van der Waals surface area contributed by atoms with E-state index in [1.807, 2.05) is 60.8 Å². The molecule has 4 rings (SSSR count). The van der Waals surface area contributed by atoms with E-state index in [2.05, 4.69) is 35.7 Å². The smallest absolute Gasteiger partial charge is 0.165 e. The molecule has 0 N–H and O–H groups in total. The molecule has 4 aromatic rings. The van der Waals surface area contributed by atoms with Gasteiger partial charge >= 0.3 is 0 Å². The highest BCUT2D eigenvalue weighted by Crippen LogP contribution is 2.31. The summed E-state index contributed by atoms with van der Waals surface area (Å²) in [6, 6.07) is 24.4. The van der Waals surface area contributed by atoms with E-state index < -0.39 is 0 Å². The molecule has 116 valence electrons. The number of imidazole rings is 1. The Bertz CT molecular complexity index is 999. The maximum atomic E-state index is 4.79. The molecule has 3 nitrogen and oxygen atoms in total. The van der Waals surface area contributed by atoms with Gasteiger partial charge in [-0.05, 0) is 24.1 Å². The van der Waals surface area contributed by atoms with Gasteiger partial charge in [-0.1, -0.05) is 66.7 Å². The number of nitrogens with zero attached hydrogens (tertiary/aromatic N) is 3. The van der Waals surface area contributed by atoms with Gasteiger partial charge in [0.2, 0.25) is 0 Å². The van der Waals surface area contributed by atoms with Crippen molar-refractivity contribution < 1.29 is 0 Å². The minimum absolute atomic E-state index is 0.851. The van der Waals surface area contributed by atoms with Crippen molar-refractivity contribution in [2.45, 2.75) is 6.92 Å². The zero-order valence-corrected chi connectivity index (χ0v) is 13.4. The molecular weight excluding hydrogens is 294 g/mol. The Morgan fingerprint density at radius 1 is 0.875 bits per heavy atom. The Morgan fingerprint density at radius 2 is 1.58 bits per heavy atom. The van der Waals surface area contributed by atoms with Crippen molar-refractivity contribution in [1.82, 2.24) is 9.38 Å². The van der Waals surface area contributed by atoms with Gasteiger partial charge in [0.1, 0.15) is 11.3 Å². The van der Waals surface area contributed by atoms with Crippen molar-refractivity contribution in [1.29, 1.82) is 0 Å². The SMILES string of the molecule is Cc1ccc2nc(-c3ccccc3)c(/N=C/c3ccccc3)n2c1. The molecule has 24 heavy (non-hydrogen) atoms. The zero-order chi connectivity index (χ0) is 16.4. The molecule has 3 heteroatoms. The molecule has 0 saturated heterocycles. The summed E-state index contributed by atoms with van der Waals surface area (Å²) in [4.78, 5) is 9.54. The van der Waals surface area contributed by atoms with Crippen LogP contribution in [0.1, 0.15) is 11.1 Å². The van der Waals surface area contributed by atoms with E-state index in [4.69, 9.17) is 9.98 Å². The van der Waals surface area contributed by atoms with E-state index in [1.165, 1.54) is 5.56 Å². The molecule has 2 aromatic heterocycles. The minimum atomic E-state index is 0.851. The van der Waals surface area contributed by atoms with Gasteiger partial charge in [-0.15, -0.1) is 0 Å². The molecule has 0 fully saturated rings. The Morgan fingerprint density at radius 3 is 2.33 bits per heavy atom. The lowest BCUT2D eigenvalue weighted by molar-refractivity contribution is 1.14. The number of aromatic nitrogens is 2. The van der Waals surface area contributed by atoms with E-state index >= 15 is 0 Å². The summed E-state index contributed by atoms with van der Waals surface area (Å²) in [6.45, 7) is 2.08. The van der Waals surface area contributed by atoms with Crippen molar-refractivity contribution in [2.24, 2.45) is 4.99 Å². The molecule has 0 atom stereocenters. The van der Waals surface area contributed by atoms with Gasteiger partial charge in [0, 0.05) is 18.0 Å². The van der Waals surface area contributed by atoms with Crippen molar-refractivity contribution in [2.75, 3.05) is 0 Å². The van der Waals surface area contributed by atoms with Crippen LogP contribution in [0.4, 0.5) is 5.82 Å². The van der Waals surface area contributed by atoms with Crippen LogP contribution in [-0.2, 0) is 0 Å². The Hall–Kier alpha value is -3.20. The Labute approximate surface area is 141 Å². The number of pyridine rings is 1. The van der Waals surface area contributed by atoms with E-state index in [9.17, 15) is 0 Å². The predicted molar refractivity (Wildman–Crippen MR) is 99.1 cm³/mol. The van der Waals surface area contributed by atoms with Crippen LogP contribution in [0.15, 0.2) is 84.0 Å². The molecule has 0 aliphatic heterocycles. The highest BCUT2D eigenvalue weighted by molar-refractivity contribution is 5.85. The summed E-state index contributed by atoms with van der Waals surface area (Å²) in [5, 5.41) is 0. The number of aryl methyl sites for hydroxylation is 1. The van der Waals surface area contributed by atoms with Crippen LogP contribution in [-0.4, -0.2) is 15.6 Å². The first kappa shape index (κ1) is 14.4. The molecule has 0 aliphatic carbocycles. The Balaban J connectivity index is 1.91. The fourth-order valence-electron chi connectivity index (χ4n) is 2.73. The standard InChI is InChI=1S/C21H17N3/c1-16-12-13-19-23-20(18-10-6-3-7-11-18)21(24(19)15-16)22-14-17-8-4-2-5-9-17/h2-15H,1H3/b22-14+. The number of fused-ring (bicyclic) bond motifs is 1. The summed E-state index contributed by atoms with van der Waals surface area (Å²) < 4.78 is 2.05. The van der Waals surface area contributed by atoms with E-state index in [0.29, 0.717) is 0 Å². The van der Waals surface area contributed by atoms with Gasteiger partial charge in [0.25, 0.3) is 0 Å². The monoisotopic (exact) mass is 311 g/mol. The lowest BCUT2D eigenvalue weighted by Crippen LogP contribution is -1.86. The maximum absolute atomic E-state index is 4.79. The van der Waals surface area contributed by atoms with E-state index in [1.54, 1.807) is 0 Å². The summed E-state index contributed by atoms with van der Waals surface area (Å²) in [6.07, 6.45) is 3.96. The number of hydrogen-bond acceptors (Lipinski definition) is 2. The van der Waals surface area contributed by atoms with Gasteiger partial charge in [-0.25, -0.2) is 9.98 Å². The highest BCUT2D eigenvalue weighted by atomic mass is 15.1. The molecule has 0 radical (unpaired) electrons. The Kier molecular flexibility index (Phi) is 3.67. The summed E-state index contributed by atoms with van der Waals surface area (Å²) >= 11 is 0. The second kappa shape index (κ2) is 6.13. The van der Waals surface area contributed by atoms with Crippen molar-refractivity contribution in [3.63, 3.8) is 0 Å². The summed E-state index contributed by atoms with van der Waals surface area (Å²) in [7, 11) is 0. The molecule has 0 unspecified atom stereocenters. The zero-order valence-electron chi connectivity index (χ0n) is 13.4. The van der Waals surface area contributed by atoms with Crippen molar-refractivity contribution >= 4 is 17.7 Å². The predicted octanol–water partition coefficient (Wildman–Crippen LogP) is 5.06. The first-order chi connectivity index (χ1) is 11.8. The van der Waals surface area contributed by atoms with Gasteiger partial charge in [-0.3, -0.25) is 4.40 Å².